The molecule has 0 saturated carbocycles. The van der Waals surface area contributed by atoms with Crippen LogP contribution >= 0.6 is 0 Å². The Kier molecular flexibility index (Phi) is 4.75. The predicted octanol–water partition coefficient (Wildman–Crippen LogP) is 9.28. The summed E-state index contributed by atoms with van der Waals surface area (Å²) in [6.07, 6.45) is 1.11. The Bertz CT molecular complexity index is 1880. The Balaban J connectivity index is 1.40. The van der Waals surface area contributed by atoms with Gasteiger partial charge in [-0.1, -0.05) is 74.5 Å². The van der Waals surface area contributed by atoms with Crippen LogP contribution < -0.4 is 0 Å². The molecule has 0 spiro atoms. The van der Waals surface area contributed by atoms with Crippen molar-refractivity contribution in [2.45, 2.75) is 20.3 Å². The molecule has 0 bridgehead atoms. The zero-order chi connectivity index (χ0) is 24.2. The minimum atomic E-state index is 0.658. The topological polar surface area (TPSA) is 20.7 Å². The van der Waals surface area contributed by atoms with Crippen molar-refractivity contribution in [3.05, 3.63) is 115 Å². The maximum Gasteiger partial charge on any atom is 0.0541 e. The van der Waals surface area contributed by atoms with Crippen LogP contribution in [0, 0.1) is 5.92 Å². The molecular weight excluding hydrogens is 436 g/mol. The van der Waals surface area contributed by atoms with Gasteiger partial charge in [-0.2, -0.15) is 0 Å². The Morgan fingerprint density at radius 3 is 2.03 bits per heavy atom. The van der Waals surface area contributed by atoms with Gasteiger partial charge in [-0.3, -0.25) is 0 Å². The number of hydrogen-bond acceptors (Lipinski definition) is 0. The van der Waals surface area contributed by atoms with Gasteiger partial charge in [0, 0.05) is 38.3 Å². The summed E-state index contributed by atoms with van der Waals surface area (Å²) in [5, 5.41) is 5.11. The Labute approximate surface area is 210 Å². The third-order valence-corrected chi connectivity index (χ3v) is 7.35. The van der Waals surface area contributed by atoms with Gasteiger partial charge in [0.25, 0.3) is 0 Å². The van der Waals surface area contributed by atoms with Crippen LogP contribution in [0.25, 0.3) is 60.4 Å². The van der Waals surface area contributed by atoms with Crippen LogP contribution in [0.3, 0.4) is 0 Å². The minimum Gasteiger partial charge on any atom is -0.355 e. The Hall–Kier alpha value is -4.30. The molecule has 7 rings (SSSR count). The van der Waals surface area contributed by atoms with Gasteiger partial charge < -0.3 is 9.55 Å². The second-order valence-corrected chi connectivity index (χ2v) is 10.3. The third-order valence-electron chi connectivity index (χ3n) is 7.35. The van der Waals surface area contributed by atoms with Gasteiger partial charge in [0.05, 0.1) is 11.0 Å². The van der Waals surface area contributed by atoms with E-state index in [9.17, 15) is 0 Å². The molecule has 0 fully saturated rings. The molecule has 36 heavy (non-hydrogen) atoms. The number of nitrogens with one attached hydrogen (secondary N) is 1. The number of para-hydroxylation sites is 2. The molecule has 0 amide bonds. The first kappa shape index (κ1) is 21.0. The van der Waals surface area contributed by atoms with Gasteiger partial charge >= 0.3 is 0 Å². The average molecular weight is 465 g/mol. The predicted molar refractivity (Wildman–Crippen MR) is 154 cm³/mol. The summed E-state index contributed by atoms with van der Waals surface area (Å²) >= 11 is 0. The quantitative estimate of drug-likeness (QED) is 0.268. The standard InChI is InChI=1S/C34H28N2/c1-22(2)19-23-11-15-26(16-12-23)36-33-10-6-4-8-28(33)30-21-25(14-18-34(30)36)24-13-17-32-29(20-24)27-7-3-5-9-31(27)35-32/h3-18,20-22,35H,19H2,1-2H3. The highest BCUT2D eigenvalue weighted by Gasteiger charge is 2.14. The van der Waals surface area contributed by atoms with Crippen LogP contribution in [0.1, 0.15) is 19.4 Å². The van der Waals surface area contributed by atoms with Crippen LogP contribution in [-0.2, 0) is 6.42 Å². The molecule has 2 aromatic heterocycles. The van der Waals surface area contributed by atoms with E-state index in [2.05, 4.69) is 133 Å². The van der Waals surface area contributed by atoms with Crippen molar-refractivity contribution >= 4 is 43.6 Å². The van der Waals surface area contributed by atoms with Crippen molar-refractivity contribution in [2.75, 3.05) is 0 Å². The number of H-pyrrole nitrogens is 1. The summed E-state index contributed by atoms with van der Waals surface area (Å²) < 4.78 is 2.40. The van der Waals surface area contributed by atoms with E-state index in [1.54, 1.807) is 0 Å². The van der Waals surface area contributed by atoms with Crippen molar-refractivity contribution in [3.8, 4) is 16.8 Å². The maximum atomic E-state index is 3.54. The van der Waals surface area contributed by atoms with Crippen molar-refractivity contribution in [3.63, 3.8) is 0 Å². The molecule has 1 N–H and O–H groups in total. The van der Waals surface area contributed by atoms with E-state index < -0.39 is 0 Å². The zero-order valence-electron chi connectivity index (χ0n) is 20.6. The molecule has 0 unspecified atom stereocenters. The highest BCUT2D eigenvalue weighted by Crippen LogP contribution is 2.36. The summed E-state index contributed by atoms with van der Waals surface area (Å²) in [7, 11) is 0. The van der Waals surface area contributed by atoms with Crippen molar-refractivity contribution in [1.82, 2.24) is 9.55 Å². The smallest absolute Gasteiger partial charge is 0.0541 e. The summed E-state index contributed by atoms with van der Waals surface area (Å²) in [6.45, 7) is 4.55. The average Bonchev–Trinajstić information content (AvgIpc) is 3.44. The first-order valence-electron chi connectivity index (χ1n) is 12.8. The molecule has 7 aromatic rings. The normalized spacial score (nSPS) is 12.0. The fraction of sp³-hybridized carbons (Fsp3) is 0.118. The number of nitrogens with zero attached hydrogens (tertiary/aromatic N) is 1. The number of aromatic nitrogens is 2. The van der Waals surface area contributed by atoms with E-state index in [1.165, 1.54) is 66.0 Å². The number of rotatable bonds is 4. The second kappa shape index (κ2) is 8.13. The number of fused-ring (bicyclic) bond motifs is 6. The van der Waals surface area contributed by atoms with E-state index >= 15 is 0 Å². The fourth-order valence-corrected chi connectivity index (χ4v) is 5.71. The third kappa shape index (κ3) is 3.33. The first-order valence-corrected chi connectivity index (χ1v) is 12.8. The first-order chi connectivity index (χ1) is 17.7. The zero-order valence-corrected chi connectivity index (χ0v) is 20.6. The summed E-state index contributed by atoms with van der Waals surface area (Å²) in [4.78, 5) is 3.54. The molecule has 2 heterocycles. The van der Waals surface area contributed by atoms with Gasteiger partial charge in [0.15, 0.2) is 0 Å². The van der Waals surface area contributed by atoms with Crippen LogP contribution in [-0.4, -0.2) is 9.55 Å². The maximum absolute atomic E-state index is 3.54. The van der Waals surface area contributed by atoms with E-state index in [4.69, 9.17) is 0 Å². The largest absolute Gasteiger partial charge is 0.355 e. The van der Waals surface area contributed by atoms with Crippen LogP contribution in [0.4, 0.5) is 0 Å². The van der Waals surface area contributed by atoms with Crippen LogP contribution in [0.15, 0.2) is 109 Å². The Morgan fingerprint density at radius 1 is 0.583 bits per heavy atom. The molecule has 0 saturated heterocycles. The molecule has 2 nitrogen and oxygen atoms in total. The van der Waals surface area contributed by atoms with Gasteiger partial charge in [-0.25, -0.2) is 0 Å². The van der Waals surface area contributed by atoms with E-state index in [-0.39, 0.29) is 0 Å². The second-order valence-electron chi connectivity index (χ2n) is 10.3. The van der Waals surface area contributed by atoms with Gasteiger partial charge in [-0.15, -0.1) is 0 Å². The molecule has 2 heteroatoms. The lowest BCUT2D eigenvalue weighted by atomic mass is 10.0. The van der Waals surface area contributed by atoms with Crippen molar-refractivity contribution < 1.29 is 0 Å². The number of aromatic amines is 1. The van der Waals surface area contributed by atoms with Crippen molar-refractivity contribution in [2.24, 2.45) is 5.92 Å². The van der Waals surface area contributed by atoms with Crippen molar-refractivity contribution in [1.29, 1.82) is 0 Å². The highest BCUT2D eigenvalue weighted by molar-refractivity contribution is 6.11. The Morgan fingerprint density at radius 2 is 1.22 bits per heavy atom. The van der Waals surface area contributed by atoms with Crippen LogP contribution in [0.2, 0.25) is 0 Å². The molecule has 0 radical (unpaired) electrons. The molecule has 0 aliphatic carbocycles. The number of benzene rings is 5. The summed E-state index contributed by atoms with van der Waals surface area (Å²) in [5.41, 5.74) is 9.93. The SMILES string of the molecule is CC(C)Cc1ccc(-n2c3ccccc3c3cc(-c4ccc5[nH]c6ccccc6c5c4)ccc32)cc1. The van der Waals surface area contributed by atoms with E-state index in [0.29, 0.717) is 5.92 Å². The van der Waals surface area contributed by atoms with Gasteiger partial charge in [0.2, 0.25) is 0 Å². The van der Waals surface area contributed by atoms with Crippen LogP contribution in [0.5, 0.6) is 0 Å². The lowest BCUT2D eigenvalue weighted by Gasteiger charge is -2.10. The molecule has 0 aliphatic heterocycles. The van der Waals surface area contributed by atoms with E-state index in [0.717, 1.165) is 6.42 Å². The lowest BCUT2D eigenvalue weighted by molar-refractivity contribution is 0.647. The highest BCUT2D eigenvalue weighted by atomic mass is 15.0. The van der Waals surface area contributed by atoms with Gasteiger partial charge in [-0.05, 0) is 77.6 Å². The van der Waals surface area contributed by atoms with E-state index in [1.807, 2.05) is 0 Å². The molecule has 0 atom stereocenters. The fourth-order valence-electron chi connectivity index (χ4n) is 5.71. The monoisotopic (exact) mass is 464 g/mol. The molecule has 174 valence electrons. The van der Waals surface area contributed by atoms with Gasteiger partial charge in [0.1, 0.15) is 0 Å². The minimum absolute atomic E-state index is 0.658. The molecule has 5 aromatic carbocycles. The number of hydrogen-bond donors (Lipinski definition) is 1. The molecule has 0 aliphatic rings. The summed E-state index contributed by atoms with van der Waals surface area (Å²) in [6, 6.07) is 40.0. The lowest BCUT2D eigenvalue weighted by Crippen LogP contribution is -1.97. The molecular formula is C34H28N2. The summed E-state index contributed by atoms with van der Waals surface area (Å²) in [5.74, 6) is 0.658.